The Bertz CT molecular complexity index is 1210. The number of hydrogen-bond donors (Lipinski definition) is 0. The molecule has 0 atom stereocenters. The van der Waals surface area contributed by atoms with Crippen molar-refractivity contribution in [3.63, 3.8) is 0 Å². The Hall–Kier alpha value is -2.93. The smallest absolute Gasteiger partial charge is 0.285 e. The van der Waals surface area contributed by atoms with Crippen molar-refractivity contribution in [1.82, 2.24) is 14.4 Å². The summed E-state index contributed by atoms with van der Waals surface area (Å²) in [4.78, 5) is 0.163. The van der Waals surface area contributed by atoms with Gasteiger partial charge in [-0.3, -0.25) is 0 Å². The Morgan fingerprint density at radius 3 is 2.52 bits per heavy atom. The van der Waals surface area contributed by atoms with E-state index in [9.17, 15) is 8.42 Å². The molecule has 0 unspecified atom stereocenters. The van der Waals surface area contributed by atoms with Crippen molar-refractivity contribution in [3.05, 3.63) is 60.2 Å². The minimum atomic E-state index is -3.90. The third-order valence-corrected chi connectivity index (χ3v) is 5.78. The quantitative estimate of drug-likeness (QED) is 0.566. The first kappa shape index (κ1) is 15.6. The number of benzene rings is 3. The Morgan fingerprint density at radius 2 is 1.76 bits per heavy atom. The van der Waals surface area contributed by atoms with Crippen LogP contribution in [-0.2, 0) is 10.0 Å². The fourth-order valence-electron chi connectivity index (χ4n) is 2.93. The molecule has 7 heteroatoms. The van der Waals surface area contributed by atoms with E-state index < -0.39 is 10.0 Å². The number of methoxy groups -OCH3 is 1. The van der Waals surface area contributed by atoms with Gasteiger partial charge in [-0.2, -0.15) is 8.42 Å². The third-order valence-electron chi connectivity index (χ3n) is 4.14. The van der Waals surface area contributed by atoms with Gasteiger partial charge in [-0.25, -0.2) is 0 Å². The molecule has 0 aliphatic rings. The summed E-state index contributed by atoms with van der Waals surface area (Å²) in [6, 6.07) is 15.8. The molecule has 0 amide bonds. The molecule has 0 saturated carbocycles. The maximum absolute atomic E-state index is 13.2. The normalized spacial score (nSPS) is 11.9. The van der Waals surface area contributed by atoms with E-state index in [0.29, 0.717) is 22.2 Å². The first-order valence-corrected chi connectivity index (χ1v) is 9.10. The summed E-state index contributed by atoms with van der Waals surface area (Å²) in [6.45, 7) is 1.92. The van der Waals surface area contributed by atoms with Crippen LogP contribution in [0.5, 0.6) is 5.75 Å². The molecule has 126 valence electrons. The average molecular weight is 353 g/mol. The lowest BCUT2D eigenvalue weighted by molar-refractivity contribution is 0.419. The van der Waals surface area contributed by atoms with E-state index in [1.54, 1.807) is 37.4 Å². The number of aryl methyl sites for hydroxylation is 1. The topological polar surface area (TPSA) is 74.1 Å². The SMILES string of the molecule is COc1ccc(S(=O)(=O)n2nnc3cc(C)ccc32)c2ccccc12. The van der Waals surface area contributed by atoms with Crippen LogP contribution in [-0.4, -0.2) is 29.9 Å². The first-order chi connectivity index (χ1) is 12.0. The summed E-state index contributed by atoms with van der Waals surface area (Å²) in [7, 11) is -2.34. The molecule has 6 nitrogen and oxygen atoms in total. The zero-order valence-corrected chi connectivity index (χ0v) is 14.5. The standard InChI is InChI=1S/C18H15N3O3S/c1-12-7-8-16-15(11-12)19-20-21(16)25(22,23)18-10-9-17(24-2)13-5-3-4-6-14(13)18/h3-11H,1-2H3. The largest absolute Gasteiger partial charge is 0.496 e. The molecule has 0 saturated heterocycles. The van der Waals surface area contributed by atoms with Gasteiger partial charge in [-0.15, -0.1) is 9.19 Å². The predicted molar refractivity (Wildman–Crippen MR) is 95.3 cm³/mol. The van der Waals surface area contributed by atoms with E-state index in [1.807, 2.05) is 25.1 Å². The van der Waals surface area contributed by atoms with Crippen molar-refractivity contribution >= 4 is 31.8 Å². The Kier molecular flexibility index (Phi) is 3.47. The van der Waals surface area contributed by atoms with Crippen LogP contribution in [0.4, 0.5) is 0 Å². The van der Waals surface area contributed by atoms with E-state index in [4.69, 9.17) is 4.74 Å². The second-order valence-electron chi connectivity index (χ2n) is 5.74. The molecule has 4 rings (SSSR count). The van der Waals surface area contributed by atoms with Gasteiger partial charge in [0.25, 0.3) is 10.0 Å². The number of aromatic nitrogens is 3. The third kappa shape index (κ3) is 2.35. The highest BCUT2D eigenvalue weighted by molar-refractivity contribution is 7.90. The van der Waals surface area contributed by atoms with Gasteiger partial charge in [0.1, 0.15) is 16.8 Å². The van der Waals surface area contributed by atoms with Crippen LogP contribution in [0, 0.1) is 6.92 Å². The van der Waals surface area contributed by atoms with Crippen molar-refractivity contribution in [2.45, 2.75) is 11.8 Å². The van der Waals surface area contributed by atoms with Crippen LogP contribution in [0.1, 0.15) is 5.56 Å². The zero-order valence-electron chi connectivity index (χ0n) is 13.7. The molecule has 0 fully saturated rings. The second kappa shape index (κ2) is 5.56. The summed E-state index contributed by atoms with van der Waals surface area (Å²) in [5.74, 6) is 0.619. The molecule has 0 N–H and O–H groups in total. The minimum absolute atomic E-state index is 0.163. The zero-order chi connectivity index (χ0) is 17.6. The second-order valence-corrected chi connectivity index (χ2v) is 7.48. The molecule has 0 aliphatic carbocycles. The Morgan fingerprint density at radius 1 is 1.00 bits per heavy atom. The molecule has 0 aliphatic heterocycles. The Balaban J connectivity index is 2.01. The lowest BCUT2D eigenvalue weighted by atomic mass is 10.1. The summed E-state index contributed by atoms with van der Waals surface area (Å²) < 4.78 is 32.8. The van der Waals surface area contributed by atoms with Gasteiger partial charge in [0, 0.05) is 10.8 Å². The van der Waals surface area contributed by atoms with E-state index in [-0.39, 0.29) is 4.90 Å². The van der Waals surface area contributed by atoms with Gasteiger partial charge in [0.05, 0.1) is 12.0 Å². The van der Waals surface area contributed by atoms with Gasteiger partial charge in [0.15, 0.2) is 0 Å². The van der Waals surface area contributed by atoms with Crippen molar-refractivity contribution in [3.8, 4) is 5.75 Å². The van der Waals surface area contributed by atoms with E-state index >= 15 is 0 Å². The van der Waals surface area contributed by atoms with Crippen LogP contribution < -0.4 is 4.74 Å². The highest BCUT2D eigenvalue weighted by Gasteiger charge is 2.24. The fourth-order valence-corrected chi connectivity index (χ4v) is 4.36. The predicted octanol–water partition coefficient (Wildman–Crippen LogP) is 3.14. The summed E-state index contributed by atoms with van der Waals surface area (Å²) >= 11 is 0. The minimum Gasteiger partial charge on any atom is -0.496 e. The van der Waals surface area contributed by atoms with Crippen LogP contribution in [0.15, 0.2) is 59.5 Å². The van der Waals surface area contributed by atoms with Gasteiger partial charge < -0.3 is 4.74 Å². The molecule has 0 radical (unpaired) electrons. The summed E-state index contributed by atoms with van der Waals surface area (Å²) in [6.07, 6.45) is 0. The Labute approximate surface area is 144 Å². The first-order valence-electron chi connectivity index (χ1n) is 7.66. The number of hydrogen-bond acceptors (Lipinski definition) is 5. The van der Waals surface area contributed by atoms with E-state index in [0.717, 1.165) is 15.0 Å². The number of rotatable bonds is 3. The van der Waals surface area contributed by atoms with E-state index in [2.05, 4.69) is 10.3 Å². The number of fused-ring (bicyclic) bond motifs is 2. The summed E-state index contributed by atoms with van der Waals surface area (Å²) in [5, 5.41) is 9.18. The lowest BCUT2D eigenvalue weighted by Gasteiger charge is -2.11. The number of nitrogens with zero attached hydrogens (tertiary/aromatic N) is 3. The van der Waals surface area contributed by atoms with Gasteiger partial charge >= 0.3 is 0 Å². The molecule has 0 spiro atoms. The molecular formula is C18H15N3O3S. The lowest BCUT2D eigenvalue weighted by Crippen LogP contribution is -2.15. The van der Waals surface area contributed by atoms with Crippen LogP contribution in [0.2, 0.25) is 0 Å². The monoisotopic (exact) mass is 353 g/mol. The van der Waals surface area contributed by atoms with Crippen molar-refractivity contribution in [1.29, 1.82) is 0 Å². The maximum Gasteiger partial charge on any atom is 0.285 e. The van der Waals surface area contributed by atoms with Gasteiger partial charge in [-0.1, -0.05) is 35.5 Å². The van der Waals surface area contributed by atoms with Crippen LogP contribution in [0.25, 0.3) is 21.8 Å². The van der Waals surface area contributed by atoms with Gasteiger partial charge in [-0.05, 0) is 36.8 Å². The molecule has 3 aromatic carbocycles. The van der Waals surface area contributed by atoms with E-state index in [1.165, 1.54) is 6.07 Å². The van der Waals surface area contributed by atoms with Gasteiger partial charge in [0.2, 0.25) is 0 Å². The highest BCUT2D eigenvalue weighted by atomic mass is 32.2. The molecule has 1 aromatic heterocycles. The average Bonchev–Trinajstić information content (AvgIpc) is 3.04. The van der Waals surface area contributed by atoms with Crippen molar-refractivity contribution in [2.24, 2.45) is 0 Å². The molecule has 1 heterocycles. The fraction of sp³-hybridized carbons (Fsp3) is 0.111. The maximum atomic E-state index is 13.2. The van der Waals surface area contributed by atoms with Crippen molar-refractivity contribution < 1.29 is 13.2 Å². The molecule has 25 heavy (non-hydrogen) atoms. The molecular weight excluding hydrogens is 338 g/mol. The number of ether oxygens (including phenoxy) is 1. The van der Waals surface area contributed by atoms with Crippen molar-refractivity contribution in [2.75, 3.05) is 7.11 Å². The molecule has 4 aromatic rings. The summed E-state index contributed by atoms with van der Waals surface area (Å²) in [5.41, 5.74) is 1.98. The van der Waals surface area contributed by atoms with Crippen LogP contribution >= 0.6 is 0 Å². The highest BCUT2D eigenvalue weighted by Crippen LogP contribution is 2.32. The van der Waals surface area contributed by atoms with Crippen LogP contribution in [0.3, 0.4) is 0 Å². The molecule has 0 bridgehead atoms.